The third kappa shape index (κ3) is 6.47. The maximum absolute atomic E-state index is 5.29. The fourth-order valence-electron chi connectivity index (χ4n) is 1.15. The Morgan fingerprint density at radius 2 is 1.20 bits per heavy atom. The molecule has 0 nitrogen and oxygen atoms in total. The van der Waals surface area contributed by atoms with Gasteiger partial charge in [0, 0.05) is 5.25 Å². The maximum atomic E-state index is 5.29. The van der Waals surface area contributed by atoms with E-state index in [1.165, 1.54) is 12.8 Å². The van der Waals surface area contributed by atoms with Crippen molar-refractivity contribution >= 4 is 12.6 Å². The van der Waals surface area contributed by atoms with Crippen molar-refractivity contribution in [3.05, 3.63) is 0 Å². The van der Waals surface area contributed by atoms with Crippen LogP contribution in [0.15, 0.2) is 0 Å². The molecular formula is C9H19S. The molecule has 0 rings (SSSR count). The van der Waals surface area contributed by atoms with Gasteiger partial charge in [-0.1, -0.05) is 40.3 Å². The summed E-state index contributed by atoms with van der Waals surface area (Å²) in [7, 11) is 0. The second-order valence-electron chi connectivity index (χ2n) is 3.88. The van der Waals surface area contributed by atoms with E-state index in [1.807, 2.05) is 0 Å². The SMILES string of the molecule is CC(C)CC([S])CC(C)C. The van der Waals surface area contributed by atoms with E-state index in [4.69, 9.17) is 12.6 Å². The van der Waals surface area contributed by atoms with E-state index in [9.17, 15) is 0 Å². The minimum absolute atomic E-state index is 0.500. The number of hydrogen-bond donors (Lipinski definition) is 0. The van der Waals surface area contributed by atoms with Gasteiger partial charge in [-0.05, 0) is 24.7 Å². The van der Waals surface area contributed by atoms with Gasteiger partial charge in [0.1, 0.15) is 0 Å². The van der Waals surface area contributed by atoms with Gasteiger partial charge < -0.3 is 0 Å². The Morgan fingerprint density at radius 3 is 1.40 bits per heavy atom. The average Bonchev–Trinajstić information content (AvgIpc) is 1.58. The van der Waals surface area contributed by atoms with Crippen LogP contribution in [0.25, 0.3) is 0 Å². The van der Waals surface area contributed by atoms with Gasteiger partial charge in [0.25, 0.3) is 0 Å². The standard InChI is InChI=1S/C9H19S/c1-7(2)5-9(10)6-8(3)4/h7-9H,5-6H2,1-4H3. The summed E-state index contributed by atoms with van der Waals surface area (Å²) < 4.78 is 0. The Labute approximate surface area is 70.8 Å². The highest BCUT2D eigenvalue weighted by Crippen LogP contribution is 2.17. The summed E-state index contributed by atoms with van der Waals surface area (Å²) in [6.07, 6.45) is 2.40. The van der Waals surface area contributed by atoms with Crippen molar-refractivity contribution < 1.29 is 0 Å². The molecule has 0 saturated carbocycles. The zero-order valence-corrected chi connectivity index (χ0v) is 8.37. The minimum atomic E-state index is 0.500. The first-order valence-electron chi connectivity index (χ1n) is 4.18. The summed E-state index contributed by atoms with van der Waals surface area (Å²) in [6, 6.07) is 0. The molecule has 10 heavy (non-hydrogen) atoms. The molecule has 1 heteroatoms. The van der Waals surface area contributed by atoms with Gasteiger partial charge >= 0.3 is 0 Å². The predicted molar refractivity (Wildman–Crippen MR) is 50.3 cm³/mol. The van der Waals surface area contributed by atoms with Crippen LogP contribution in [0.1, 0.15) is 40.5 Å². The van der Waals surface area contributed by atoms with Gasteiger partial charge in [-0.2, -0.15) is 0 Å². The highest BCUT2D eigenvalue weighted by atomic mass is 32.1. The summed E-state index contributed by atoms with van der Waals surface area (Å²) >= 11 is 5.29. The van der Waals surface area contributed by atoms with Crippen LogP contribution in [0, 0.1) is 11.8 Å². The molecule has 0 amide bonds. The van der Waals surface area contributed by atoms with Crippen molar-refractivity contribution in [3.8, 4) is 0 Å². The smallest absolute Gasteiger partial charge is 0.0156 e. The lowest BCUT2D eigenvalue weighted by molar-refractivity contribution is 0.494. The van der Waals surface area contributed by atoms with Crippen LogP contribution < -0.4 is 0 Å². The molecule has 0 spiro atoms. The molecule has 0 aromatic carbocycles. The van der Waals surface area contributed by atoms with Crippen molar-refractivity contribution in [1.29, 1.82) is 0 Å². The topological polar surface area (TPSA) is 0 Å². The average molecular weight is 159 g/mol. The molecule has 0 heterocycles. The second kappa shape index (κ2) is 5.06. The lowest BCUT2D eigenvalue weighted by Crippen LogP contribution is -2.06. The third-order valence-electron chi connectivity index (χ3n) is 1.47. The Balaban J connectivity index is 3.34. The minimum Gasteiger partial charge on any atom is -0.0904 e. The van der Waals surface area contributed by atoms with E-state index < -0.39 is 0 Å². The molecule has 0 bridgehead atoms. The van der Waals surface area contributed by atoms with Crippen LogP contribution in [0.4, 0.5) is 0 Å². The van der Waals surface area contributed by atoms with Crippen molar-refractivity contribution in [1.82, 2.24) is 0 Å². The zero-order chi connectivity index (χ0) is 8.15. The summed E-state index contributed by atoms with van der Waals surface area (Å²) in [5.41, 5.74) is 0. The third-order valence-corrected chi connectivity index (χ3v) is 1.85. The van der Waals surface area contributed by atoms with Crippen molar-refractivity contribution in [2.24, 2.45) is 11.8 Å². The predicted octanol–water partition coefficient (Wildman–Crippen LogP) is 3.64. The van der Waals surface area contributed by atoms with E-state index in [2.05, 4.69) is 27.7 Å². The molecule has 0 fully saturated rings. The molecular weight excluding hydrogens is 140 g/mol. The van der Waals surface area contributed by atoms with Crippen LogP contribution in [-0.2, 0) is 0 Å². The summed E-state index contributed by atoms with van der Waals surface area (Å²) in [5.74, 6) is 1.53. The molecule has 1 radical (unpaired) electrons. The van der Waals surface area contributed by atoms with Crippen molar-refractivity contribution in [2.45, 2.75) is 45.8 Å². The molecule has 0 aromatic rings. The lowest BCUT2D eigenvalue weighted by Gasteiger charge is -2.13. The highest BCUT2D eigenvalue weighted by molar-refractivity contribution is 7.80. The van der Waals surface area contributed by atoms with E-state index in [-0.39, 0.29) is 0 Å². The number of rotatable bonds is 4. The summed E-state index contributed by atoms with van der Waals surface area (Å²) in [4.78, 5) is 0. The Bertz CT molecular complexity index is 66.8. The number of hydrogen-bond acceptors (Lipinski definition) is 0. The molecule has 0 aliphatic heterocycles. The van der Waals surface area contributed by atoms with Crippen molar-refractivity contribution in [2.75, 3.05) is 0 Å². The van der Waals surface area contributed by atoms with Crippen molar-refractivity contribution in [3.63, 3.8) is 0 Å². The largest absolute Gasteiger partial charge is 0.0904 e. The van der Waals surface area contributed by atoms with E-state index in [0.29, 0.717) is 5.25 Å². The van der Waals surface area contributed by atoms with Gasteiger partial charge in [0.05, 0.1) is 0 Å². The summed E-state index contributed by atoms with van der Waals surface area (Å²) in [6.45, 7) is 8.94. The first kappa shape index (κ1) is 10.3. The van der Waals surface area contributed by atoms with Crippen LogP contribution >= 0.6 is 12.6 Å². The first-order valence-corrected chi connectivity index (χ1v) is 4.65. The zero-order valence-electron chi connectivity index (χ0n) is 7.55. The fraction of sp³-hybridized carbons (Fsp3) is 1.00. The van der Waals surface area contributed by atoms with Crippen LogP contribution in [0.5, 0.6) is 0 Å². The molecule has 0 unspecified atom stereocenters. The van der Waals surface area contributed by atoms with E-state index in [0.717, 1.165) is 11.8 Å². The normalized spacial score (nSPS) is 12.0. The molecule has 0 aromatic heterocycles. The molecule has 0 aliphatic rings. The molecule has 0 saturated heterocycles. The first-order chi connectivity index (χ1) is 4.52. The Kier molecular flexibility index (Phi) is 5.24. The molecule has 0 N–H and O–H groups in total. The molecule has 61 valence electrons. The fourth-order valence-corrected chi connectivity index (χ4v) is 1.92. The molecule has 0 aliphatic carbocycles. The lowest BCUT2D eigenvalue weighted by atomic mass is 10.0. The van der Waals surface area contributed by atoms with Gasteiger partial charge in [-0.25, -0.2) is 0 Å². The maximum Gasteiger partial charge on any atom is 0.0156 e. The quantitative estimate of drug-likeness (QED) is 0.587. The molecule has 0 atom stereocenters. The summed E-state index contributed by atoms with van der Waals surface area (Å²) in [5, 5.41) is 0.500. The van der Waals surface area contributed by atoms with Gasteiger partial charge in [0.15, 0.2) is 0 Å². The van der Waals surface area contributed by atoms with Crippen LogP contribution in [0.3, 0.4) is 0 Å². The van der Waals surface area contributed by atoms with Crippen LogP contribution in [0.2, 0.25) is 0 Å². The highest BCUT2D eigenvalue weighted by Gasteiger charge is 2.07. The van der Waals surface area contributed by atoms with Gasteiger partial charge in [-0.15, -0.1) is 0 Å². The Morgan fingerprint density at radius 1 is 0.900 bits per heavy atom. The Hall–Kier alpha value is 0.350. The van der Waals surface area contributed by atoms with E-state index in [1.54, 1.807) is 0 Å². The second-order valence-corrected chi connectivity index (χ2v) is 4.55. The van der Waals surface area contributed by atoms with Gasteiger partial charge in [-0.3, -0.25) is 0 Å². The van der Waals surface area contributed by atoms with Gasteiger partial charge in [0.2, 0.25) is 0 Å². The monoisotopic (exact) mass is 159 g/mol. The van der Waals surface area contributed by atoms with E-state index >= 15 is 0 Å². The van der Waals surface area contributed by atoms with Crippen LogP contribution in [-0.4, -0.2) is 5.25 Å².